The number of esters is 1. The Balaban J connectivity index is 2.28. The van der Waals surface area contributed by atoms with E-state index < -0.39 is 0 Å². The quantitative estimate of drug-likeness (QED) is 0.596. The zero-order chi connectivity index (χ0) is 12.0. The van der Waals surface area contributed by atoms with Crippen LogP contribution in [-0.4, -0.2) is 75.1 Å². The molecule has 1 N–H and O–H groups in total. The number of nitrogens with zero attached hydrogens (tertiary/aromatic N) is 2. The van der Waals surface area contributed by atoms with Crippen LogP contribution in [-0.2, 0) is 14.3 Å². The van der Waals surface area contributed by atoms with Gasteiger partial charge >= 0.3 is 5.97 Å². The van der Waals surface area contributed by atoms with Crippen LogP contribution in [0.15, 0.2) is 0 Å². The van der Waals surface area contributed by atoms with E-state index in [-0.39, 0.29) is 11.9 Å². The molecule has 1 saturated heterocycles. The highest BCUT2D eigenvalue weighted by atomic mass is 16.5. The number of rotatable bonds is 4. The van der Waals surface area contributed by atoms with Crippen molar-refractivity contribution >= 4 is 11.9 Å². The van der Waals surface area contributed by atoms with Gasteiger partial charge in [-0.25, -0.2) is 0 Å². The van der Waals surface area contributed by atoms with Crippen LogP contribution >= 0.6 is 0 Å². The van der Waals surface area contributed by atoms with Gasteiger partial charge in [-0.05, 0) is 7.05 Å². The van der Waals surface area contributed by atoms with Crippen molar-refractivity contribution in [1.82, 2.24) is 15.1 Å². The Hall–Kier alpha value is -1.14. The van der Waals surface area contributed by atoms with E-state index >= 15 is 0 Å². The molecule has 0 aliphatic carbocycles. The van der Waals surface area contributed by atoms with Gasteiger partial charge < -0.3 is 15.0 Å². The lowest BCUT2D eigenvalue weighted by atomic mass is 10.3. The SMILES string of the molecule is CNCC(=O)N1CCN(CC(=O)OC)CC1. The van der Waals surface area contributed by atoms with E-state index in [9.17, 15) is 9.59 Å². The molecule has 6 heteroatoms. The van der Waals surface area contributed by atoms with Crippen LogP contribution in [0, 0.1) is 0 Å². The van der Waals surface area contributed by atoms with Crippen LogP contribution in [0.1, 0.15) is 0 Å². The van der Waals surface area contributed by atoms with E-state index in [2.05, 4.69) is 10.1 Å². The number of amides is 1. The number of piperazine rings is 1. The van der Waals surface area contributed by atoms with Gasteiger partial charge in [0.25, 0.3) is 0 Å². The Morgan fingerprint density at radius 1 is 1.25 bits per heavy atom. The van der Waals surface area contributed by atoms with Crippen LogP contribution in [0.25, 0.3) is 0 Å². The molecule has 1 amide bonds. The molecule has 0 bridgehead atoms. The molecule has 1 heterocycles. The number of methoxy groups -OCH3 is 1. The van der Waals surface area contributed by atoms with Crippen molar-refractivity contribution in [3.63, 3.8) is 0 Å². The fourth-order valence-electron chi connectivity index (χ4n) is 1.67. The van der Waals surface area contributed by atoms with E-state index in [1.165, 1.54) is 7.11 Å². The third-order valence-electron chi connectivity index (χ3n) is 2.63. The number of likely N-dealkylation sites (N-methyl/N-ethyl adjacent to an activating group) is 1. The lowest BCUT2D eigenvalue weighted by Gasteiger charge is -2.34. The number of carbonyl (C=O) groups excluding carboxylic acids is 2. The molecular weight excluding hydrogens is 210 g/mol. The summed E-state index contributed by atoms with van der Waals surface area (Å²) in [6.07, 6.45) is 0. The number of hydrogen-bond acceptors (Lipinski definition) is 5. The van der Waals surface area contributed by atoms with Crippen LogP contribution in [0.2, 0.25) is 0 Å². The first-order valence-corrected chi connectivity index (χ1v) is 5.39. The molecule has 0 aromatic heterocycles. The third kappa shape index (κ3) is 3.79. The summed E-state index contributed by atoms with van der Waals surface area (Å²) in [6.45, 7) is 3.49. The standard InChI is InChI=1S/C10H19N3O3/c1-11-7-9(14)13-5-3-12(4-6-13)8-10(15)16-2/h11H,3-8H2,1-2H3. The van der Waals surface area contributed by atoms with Crippen molar-refractivity contribution < 1.29 is 14.3 Å². The van der Waals surface area contributed by atoms with E-state index in [0.29, 0.717) is 26.2 Å². The molecule has 6 nitrogen and oxygen atoms in total. The maximum Gasteiger partial charge on any atom is 0.319 e. The highest BCUT2D eigenvalue weighted by Crippen LogP contribution is 2.01. The van der Waals surface area contributed by atoms with Gasteiger partial charge in [0.2, 0.25) is 5.91 Å². The largest absolute Gasteiger partial charge is 0.468 e. The fourth-order valence-corrected chi connectivity index (χ4v) is 1.67. The number of carbonyl (C=O) groups is 2. The van der Waals surface area contributed by atoms with Crippen LogP contribution in [0.5, 0.6) is 0 Å². The fraction of sp³-hybridized carbons (Fsp3) is 0.800. The van der Waals surface area contributed by atoms with Gasteiger partial charge in [0.15, 0.2) is 0 Å². The van der Waals surface area contributed by atoms with Crippen molar-refractivity contribution in [2.75, 3.05) is 53.4 Å². The van der Waals surface area contributed by atoms with E-state index in [0.717, 1.165) is 13.1 Å². The maximum absolute atomic E-state index is 11.5. The Bertz CT molecular complexity index is 250. The zero-order valence-corrected chi connectivity index (χ0v) is 9.86. The number of ether oxygens (including phenoxy) is 1. The van der Waals surface area contributed by atoms with E-state index in [1.54, 1.807) is 7.05 Å². The van der Waals surface area contributed by atoms with Crippen molar-refractivity contribution in [3.05, 3.63) is 0 Å². The average Bonchev–Trinajstić information content (AvgIpc) is 2.30. The molecule has 0 aromatic carbocycles. The molecular formula is C10H19N3O3. The van der Waals surface area contributed by atoms with Gasteiger partial charge in [-0.1, -0.05) is 0 Å². The first-order chi connectivity index (χ1) is 7.67. The minimum Gasteiger partial charge on any atom is -0.468 e. The summed E-state index contributed by atoms with van der Waals surface area (Å²) in [7, 11) is 3.14. The smallest absolute Gasteiger partial charge is 0.319 e. The maximum atomic E-state index is 11.5. The molecule has 1 aliphatic rings. The van der Waals surface area contributed by atoms with Crippen LogP contribution in [0.4, 0.5) is 0 Å². The second kappa shape index (κ2) is 6.44. The van der Waals surface area contributed by atoms with Gasteiger partial charge in [0.1, 0.15) is 0 Å². The molecule has 0 saturated carbocycles. The molecule has 0 unspecified atom stereocenters. The second-order valence-corrected chi connectivity index (χ2v) is 3.76. The zero-order valence-electron chi connectivity index (χ0n) is 9.86. The molecule has 1 rings (SSSR count). The molecule has 0 atom stereocenters. The molecule has 0 spiro atoms. The Morgan fingerprint density at radius 2 is 1.88 bits per heavy atom. The van der Waals surface area contributed by atoms with Crippen LogP contribution < -0.4 is 5.32 Å². The average molecular weight is 229 g/mol. The lowest BCUT2D eigenvalue weighted by Crippen LogP contribution is -2.51. The topological polar surface area (TPSA) is 61.9 Å². The lowest BCUT2D eigenvalue weighted by molar-refractivity contribution is -0.142. The molecule has 0 radical (unpaired) electrons. The summed E-state index contributed by atoms with van der Waals surface area (Å²) in [4.78, 5) is 26.4. The summed E-state index contributed by atoms with van der Waals surface area (Å²) < 4.78 is 4.59. The van der Waals surface area contributed by atoms with Gasteiger partial charge in [-0.15, -0.1) is 0 Å². The predicted octanol–water partition coefficient (Wildman–Crippen LogP) is -1.48. The van der Waals surface area contributed by atoms with E-state index in [4.69, 9.17) is 0 Å². The minimum absolute atomic E-state index is 0.111. The van der Waals surface area contributed by atoms with Gasteiger partial charge in [-0.2, -0.15) is 0 Å². The molecule has 92 valence electrons. The monoisotopic (exact) mass is 229 g/mol. The number of hydrogen-bond donors (Lipinski definition) is 1. The molecule has 1 aliphatic heterocycles. The van der Waals surface area contributed by atoms with Crippen molar-refractivity contribution in [3.8, 4) is 0 Å². The van der Waals surface area contributed by atoms with Crippen molar-refractivity contribution in [1.29, 1.82) is 0 Å². The Morgan fingerprint density at radius 3 is 2.38 bits per heavy atom. The number of nitrogens with one attached hydrogen (secondary N) is 1. The predicted molar refractivity (Wildman–Crippen MR) is 59.0 cm³/mol. The highest BCUT2D eigenvalue weighted by Gasteiger charge is 2.21. The summed E-state index contributed by atoms with van der Waals surface area (Å²) in [5.41, 5.74) is 0. The summed E-state index contributed by atoms with van der Waals surface area (Å²) in [5.74, 6) is -0.116. The Kier molecular flexibility index (Phi) is 5.21. The van der Waals surface area contributed by atoms with Crippen LogP contribution in [0.3, 0.4) is 0 Å². The molecule has 0 aromatic rings. The van der Waals surface area contributed by atoms with Gasteiger partial charge in [-0.3, -0.25) is 14.5 Å². The molecule has 1 fully saturated rings. The first-order valence-electron chi connectivity index (χ1n) is 5.39. The van der Waals surface area contributed by atoms with Crippen molar-refractivity contribution in [2.24, 2.45) is 0 Å². The summed E-state index contributed by atoms with van der Waals surface area (Å²) >= 11 is 0. The third-order valence-corrected chi connectivity index (χ3v) is 2.63. The molecule has 16 heavy (non-hydrogen) atoms. The summed E-state index contributed by atoms with van der Waals surface area (Å²) in [6, 6.07) is 0. The van der Waals surface area contributed by atoms with Gasteiger partial charge in [0.05, 0.1) is 20.2 Å². The van der Waals surface area contributed by atoms with E-state index in [1.807, 2.05) is 9.80 Å². The minimum atomic E-state index is -0.227. The second-order valence-electron chi connectivity index (χ2n) is 3.76. The normalized spacial score (nSPS) is 17.2. The highest BCUT2D eigenvalue weighted by molar-refractivity contribution is 5.78. The summed E-state index contributed by atoms with van der Waals surface area (Å²) in [5, 5.41) is 2.84. The first kappa shape index (κ1) is 12.9. The van der Waals surface area contributed by atoms with Crippen molar-refractivity contribution in [2.45, 2.75) is 0 Å². The van der Waals surface area contributed by atoms with Gasteiger partial charge in [0, 0.05) is 26.2 Å². The Labute approximate surface area is 95.5 Å².